The maximum Gasteiger partial charge on any atom is 0.142 e. The molecule has 0 aliphatic rings. The predicted molar refractivity (Wildman–Crippen MR) is 145 cm³/mol. The van der Waals surface area contributed by atoms with Gasteiger partial charge < -0.3 is 9.30 Å². The summed E-state index contributed by atoms with van der Waals surface area (Å²) in [4.78, 5) is 0. The molecule has 158 valence electrons. The lowest BCUT2D eigenvalue weighted by atomic mass is 10.1. The number of para-hydroxylation sites is 2. The van der Waals surface area contributed by atoms with Crippen molar-refractivity contribution < 1.29 is 14.3 Å². The molecule has 0 saturated heterocycles. The number of hydrogen-bond donors (Lipinski definition) is 0. The van der Waals surface area contributed by atoms with Gasteiger partial charge in [0, 0.05) is 22.5 Å². The molecule has 6 aromatic rings. The standard InChI is InChI=1S/C30H20INO/c31-27-18-17-23(32-28-15-6-4-13-25(28)26-14-5-7-16-29(26)32)20-30(27)33-24-12-8-11-22(19-24)21-9-2-1-3-10-21/h1-20H/i4D,5D,6D,7D,13D,14D,15D. The molecule has 0 fully saturated rings. The maximum absolute atomic E-state index is 8.71. The Balaban J connectivity index is 1.58. The Hall–Kier alpha value is -3.57. The van der Waals surface area contributed by atoms with E-state index in [1.54, 1.807) is 16.7 Å². The first-order valence-electron chi connectivity index (χ1n) is 13.8. The Bertz CT molecular complexity index is 1970. The monoisotopic (exact) mass is 544 g/mol. The van der Waals surface area contributed by atoms with Gasteiger partial charge in [-0.15, -0.1) is 0 Å². The van der Waals surface area contributed by atoms with Crippen molar-refractivity contribution >= 4 is 44.4 Å². The Morgan fingerprint density at radius 3 is 2.30 bits per heavy atom. The molecule has 0 unspecified atom stereocenters. The van der Waals surface area contributed by atoms with Crippen LogP contribution in [-0.4, -0.2) is 4.57 Å². The van der Waals surface area contributed by atoms with E-state index >= 15 is 0 Å². The van der Waals surface area contributed by atoms with E-state index in [2.05, 4.69) is 22.6 Å². The zero-order valence-corrected chi connectivity index (χ0v) is 19.4. The van der Waals surface area contributed by atoms with Crippen molar-refractivity contribution in [3.05, 3.63) is 125 Å². The predicted octanol–water partition coefficient (Wildman–Crippen LogP) is 8.85. The molecular formula is C30H20INO. The average Bonchev–Trinajstić information content (AvgIpc) is 3.30. The van der Waals surface area contributed by atoms with Crippen LogP contribution in [0.4, 0.5) is 0 Å². The van der Waals surface area contributed by atoms with Gasteiger partial charge in [-0.05, 0) is 70.1 Å². The molecule has 0 amide bonds. The van der Waals surface area contributed by atoms with Crippen molar-refractivity contribution in [1.82, 2.24) is 4.57 Å². The third kappa shape index (κ3) is 3.68. The van der Waals surface area contributed by atoms with Crippen LogP contribution in [0.25, 0.3) is 38.6 Å². The molecule has 0 spiro atoms. The summed E-state index contributed by atoms with van der Waals surface area (Å²) in [5.41, 5.74) is 3.13. The van der Waals surface area contributed by atoms with Gasteiger partial charge >= 0.3 is 0 Å². The highest BCUT2D eigenvalue weighted by Crippen LogP contribution is 2.35. The number of ether oxygens (including phenoxy) is 1. The molecule has 0 N–H and O–H groups in total. The number of nitrogens with zero attached hydrogens (tertiary/aromatic N) is 1. The first-order chi connectivity index (χ1) is 19.2. The molecule has 3 heteroatoms. The van der Waals surface area contributed by atoms with E-state index in [1.807, 2.05) is 60.7 Å². The first kappa shape index (κ1) is 13.9. The minimum Gasteiger partial charge on any atom is -0.456 e. The Morgan fingerprint density at radius 2 is 1.42 bits per heavy atom. The minimum absolute atomic E-state index is 0.149. The molecule has 6 rings (SSSR count). The molecule has 0 saturated carbocycles. The fourth-order valence-electron chi connectivity index (χ4n) is 3.96. The molecule has 1 aromatic heterocycles. The second-order valence-corrected chi connectivity index (χ2v) is 8.63. The molecule has 33 heavy (non-hydrogen) atoms. The topological polar surface area (TPSA) is 14.2 Å². The van der Waals surface area contributed by atoms with Gasteiger partial charge in [0.1, 0.15) is 11.5 Å². The largest absolute Gasteiger partial charge is 0.456 e. The number of hydrogen-bond acceptors (Lipinski definition) is 1. The number of benzene rings is 5. The highest BCUT2D eigenvalue weighted by Gasteiger charge is 2.13. The van der Waals surface area contributed by atoms with E-state index in [9.17, 15) is 0 Å². The summed E-state index contributed by atoms with van der Waals surface area (Å²) in [6.07, 6.45) is 0. The molecule has 0 radical (unpaired) electrons. The quantitative estimate of drug-likeness (QED) is 0.202. The summed E-state index contributed by atoms with van der Waals surface area (Å²) >= 11 is 2.17. The zero-order valence-electron chi connectivity index (χ0n) is 24.2. The smallest absolute Gasteiger partial charge is 0.142 e. The number of fused-ring (bicyclic) bond motifs is 3. The lowest BCUT2D eigenvalue weighted by Crippen LogP contribution is -1.96. The van der Waals surface area contributed by atoms with Gasteiger partial charge in [0.25, 0.3) is 0 Å². The molecular weight excluding hydrogens is 517 g/mol. The highest BCUT2D eigenvalue weighted by molar-refractivity contribution is 14.1. The maximum atomic E-state index is 8.71. The summed E-state index contributed by atoms with van der Waals surface area (Å²) in [6.45, 7) is 0. The lowest BCUT2D eigenvalue weighted by molar-refractivity contribution is 0.479. The van der Waals surface area contributed by atoms with Crippen LogP contribution < -0.4 is 4.74 Å². The fraction of sp³-hybridized carbons (Fsp3) is 0. The molecule has 0 aliphatic heterocycles. The molecule has 0 atom stereocenters. The van der Waals surface area contributed by atoms with Gasteiger partial charge in [0.2, 0.25) is 0 Å². The van der Waals surface area contributed by atoms with Crippen LogP contribution in [0.1, 0.15) is 9.60 Å². The number of halogens is 1. The molecule has 5 aromatic carbocycles. The van der Waals surface area contributed by atoms with E-state index in [-0.39, 0.29) is 46.5 Å². The molecule has 0 aliphatic carbocycles. The molecule has 2 nitrogen and oxygen atoms in total. The Kier molecular flexibility index (Phi) is 3.53. The molecule has 0 bridgehead atoms. The van der Waals surface area contributed by atoms with E-state index in [0.29, 0.717) is 22.7 Å². The van der Waals surface area contributed by atoms with E-state index in [0.717, 1.165) is 14.7 Å². The van der Waals surface area contributed by atoms with Gasteiger partial charge in [-0.3, -0.25) is 0 Å². The average molecular weight is 544 g/mol. The normalized spacial score (nSPS) is 14.2. The second kappa shape index (κ2) is 8.41. The van der Waals surface area contributed by atoms with Crippen LogP contribution in [0.5, 0.6) is 11.5 Å². The summed E-state index contributed by atoms with van der Waals surface area (Å²) in [5.74, 6) is 1.16. The van der Waals surface area contributed by atoms with Gasteiger partial charge in [-0.25, -0.2) is 0 Å². The summed E-state index contributed by atoms with van der Waals surface area (Å²) < 4.78 is 67.7. The van der Waals surface area contributed by atoms with Crippen molar-refractivity contribution in [3.63, 3.8) is 0 Å². The van der Waals surface area contributed by atoms with Gasteiger partial charge in [-0.2, -0.15) is 0 Å². The number of aromatic nitrogens is 1. The lowest BCUT2D eigenvalue weighted by Gasteiger charge is -2.13. The summed E-state index contributed by atoms with van der Waals surface area (Å²) in [6, 6.07) is 22.5. The zero-order chi connectivity index (χ0) is 28.3. The third-order valence-corrected chi connectivity index (χ3v) is 6.34. The second-order valence-electron chi connectivity index (χ2n) is 7.47. The van der Waals surface area contributed by atoms with Crippen LogP contribution in [0.3, 0.4) is 0 Å². The van der Waals surface area contributed by atoms with Gasteiger partial charge in [0.05, 0.1) is 24.2 Å². The van der Waals surface area contributed by atoms with Crippen LogP contribution in [0.2, 0.25) is 0 Å². The van der Waals surface area contributed by atoms with Crippen LogP contribution in [0.15, 0.2) is 121 Å². The van der Waals surface area contributed by atoms with E-state index in [4.69, 9.17) is 14.3 Å². The Labute approximate surface area is 216 Å². The van der Waals surface area contributed by atoms with Crippen LogP contribution >= 0.6 is 22.6 Å². The minimum atomic E-state index is -0.414. The van der Waals surface area contributed by atoms with Crippen LogP contribution in [0, 0.1) is 3.57 Å². The van der Waals surface area contributed by atoms with Crippen molar-refractivity contribution in [2.45, 2.75) is 0 Å². The number of rotatable bonds is 4. The fourth-order valence-corrected chi connectivity index (χ4v) is 4.40. The van der Waals surface area contributed by atoms with Crippen molar-refractivity contribution in [2.24, 2.45) is 0 Å². The van der Waals surface area contributed by atoms with Crippen molar-refractivity contribution in [1.29, 1.82) is 0 Å². The molecule has 1 heterocycles. The summed E-state index contributed by atoms with van der Waals surface area (Å²) in [5, 5.41) is 0.357. The van der Waals surface area contributed by atoms with Gasteiger partial charge in [-0.1, -0.05) is 78.7 Å². The third-order valence-electron chi connectivity index (χ3n) is 5.45. The van der Waals surface area contributed by atoms with E-state index in [1.165, 1.54) is 6.07 Å². The SMILES string of the molecule is [2H]c1cc2c(c([2H])c1[2H])c1c([2H])c([2H])c([2H])c([2H])c1n2-c1ccc(I)c(Oc2cccc(-c3ccccc3)c2)c1. The Morgan fingerprint density at radius 1 is 0.667 bits per heavy atom. The van der Waals surface area contributed by atoms with Crippen LogP contribution in [-0.2, 0) is 0 Å². The first-order valence-corrected chi connectivity index (χ1v) is 11.4. The van der Waals surface area contributed by atoms with Gasteiger partial charge in [0.15, 0.2) is 0 Å². The van der Waals surface area contributed by atoms with E-state index < -0.39 is 12.1 Å². The van der Waals surface area contributed by atoms with Crippen molar-refractivity contribution in [3.8, 4) is 28.3 Å². The highest BCUT2D eigenvalue weighted by atomic mass is 127. The summed E-state index contributed by atoms with van der Waals surface area (Å²) in [7, 11) is 0. The van der Waals surface area contributed by atoms with Crippen molar-refractivity contribution in [2.75, 3.05) is 0 Å².